The van der Waals surface area contributed by atoms with Crippen LogP contribution in [0.15, 0.2) is 16.6 Å². The van der Waals surface area contributed by atoms with Gasteiger partial charge in [0.1, 0.15) is 11.0 Å². The Kier molecular flexibility index (Phi) is 4.22. The molecular weight excluding hydrogens is 332 g/mol. The van der Waals surface area contributed by atoms with Crippen molar-refractivity contribution < 1.29 is 12.8 Å². The molecule has 1 aromatic rings. The van der Waals surface area contributed by atoms with E-state index in [4.69, 9.17) is 23.2 Å². The highest BCUT2D eigenvalue weighted by Gasteiger charge is 2.12. The normalized spacial score (nSPS) is 11.5. The zero-order valence-corrected chi connectivity index (χ0v) is 11.0. The molecule has 0 fully saturated rings. The zero-order chi connectivity index (χ0) is 11.6. The molecule has 15 heavy (non-hydrogen) atoms. The van der Waals surface area contributed by atoms with Gasteiger partial charge >= 0.3 is 0 Å². The summed E-state index contributed by atoms with van der Waals surface area (Å²) >= 11 is 13.7. The standard InChI is InChI=1S/C7H5BrCl2FNO2S/c8-7-5(10)1-4(2-6(7)11)12-15(13,14)3-9/h1-2,12H,3H2. The monoisotopic (exact) mass is 335 g/mol. The summed E-state index contributed by atoms with van der Waals surface area (Å²) in [7, 11) is -3.64. The van der Waals surface area contributed by atoms with Gasteiger partial charge in [-0.25, -0.2) is 12.8 Å². The molecule has 84 valence electrons. The molecule has 8 heteroatoms. The lowest BCUT2D eigenvalue weighted by molar-refractivity contribution is 0.605. The van der Waals surface area contributed by atoms with Crippen LogP contribution < -0.4 is 4.72 Å². The Bertz CT molecular complexity index is 457. The lowest BCUT2D eigenvalue weighted by Crippen LogP contribution is -2.13. The Morgan fingerprint density at radius 1 is 1.47 bits per heavy atom. The number of nitrogens with one attached hydrogen (secondary N) is 1. The fourth-order valence-corrected chi connectivity index (χ4v) is 1.95. The zero-order valence-electron chi connectivity index (χ0n) is 7.10. The first kappa shape index (κ1) is 13.0. The third-order valence-electron chi connectivity index (χ3n) is 1.40. The van der Waals surface area contributed by atoms with Gasteiger partial charge in [0.15, 0.2) is 0 Å². The molecule has 0 aromatic heterocycles. The summed E-state index contributed by atoms with van der Waals surface area (Å²) < 4.78 is 37.4. The molecule has 0 aliphatic carbocycles. The number of sulfonamides is 1. The quantitative estimate of drug-likeness (QED) is 0.680. The van der Waals surface area contributed by atoms with Crippen molar-refractivity contribution in [1.82, 2.24) is 0 Å². The number of benzene rings is 1. The van der Waals surface area contributed by atoms with Crippen molar-refractivity contribution >= 4 is 54.8 Å². The molecule has 0 radical (unpaired) electrons. The molecule has 0 atom stereocenters. The highest BCUT2D eigenvalue weighted by molar-refractivity contribution is 9.10. The van der Waals surface area contributed by atoms with Gasteiger partial charge in [-0.15, -0.1) is 11.6 Å². The summed E-state index contributed by atoms with van der Waals surface area (Å²) in [6.45, 7) is 0. The van der Waals surface area contributed by atoms with E-state index in [0.717, 1.165) is 6.07 Å². The van der Waals surface area contributed by atoms with E-state index in [1.807, 2.05) is 0 Å². The van der Waals surface area contributed by atoms with Crippen LogP contribution in [0.3, 0.4) is 0 Å². The first-order chi connectivity index (χ1) is 6.85. The van der Waals surface area contributed by atoms with Crippen LogP contribution >= 0.6 is 39.1 Å². The minimum absolute atomic E-state index is 0.0290. The van der Waals surface area contributed by atoms with Crippen molar-refractivity contribution in [3.05, 3.63) is 27.4 Å². The fraction of sp³-hybridized carbons (Fsp3) is 0.143. The van der Waals surface area contributed by atoms with Gasteiger partial charge in [-0.3, -0.25) is 4.72 Å². The summed E-state index contributed by atoms with van der Waals surface area (Å²) in [5, 5.41) is -0.537. The van der Waals surface area contributed by atoms with E-state index in [0.29, 0.717) is 0 Å². The third-order valence-corrected chi connectivity index (χ3v) is 4.43. The van der Waals surface area contributed by atoms with Gasteiger partial charge in [0.05, 0.1) is 15.2 Å². The maximum Gasteiger partial charge on any atom is 0.246 e. The summed E-state index contributed by atoms with van der Waals surface area (Å²) in [6.07, 6.45) is 0. The van der Waals surface area contributed by atoms with Crippen molar-refractivity contribution in [2.75, 3.05) is 9.93 Å². The Balaban J connectivity index is 3.08. The molecule has 0 saturated heterocycles. The number of rotatable bonds is 3. The molecule has 0 heterocycles. The number of alkyl halides is 1. The molecule has 0 unspecified atom stereocenters. The molecule has 3 nitrogen and oxygen atoms in total. The highest BCUT2D eigenvalue weighted by Crippen LogP contribution is 2.29. The Hall–Kier alpha value is -0.0400. The number of anilines is 1. The molecule has 0 amide bonds. The molecule has 0 saturated carbocycles. The second-order valence-electron chi connectivity index (χ2n) is 2.58. The van der Waals surface area contributed by atoms with Crippen molar-refractivity contribution in [2.45, 2.75) is 0 Å². The van der Waals surface area contributed by atoms with E-state index in [2.05, 4.69) is 20.7 Å². The Morgan fingerprint density at radius 3 is 2.53 bits per heavy atom. The van der Waals surface area contributed by atoms with Crippen LogP contribution in [0.1, 0.15) is 0 Å². The smallest absolute Gasteiger partial charge is 0.246 e. The predicted octanol–water partition coefficient (Wildman–Crippen LogP) is 3.18. The molecule has 1 N–H and O–H groups in total. The Morgan fingerprint density at radius 2 is 2.07 bits per heavy atom. The van der Waals surface area contributed by atoms with E-state index in [9.17, 15) is 12.8 Å². The maximum atomic E-state index is 13.1. The molecule has 1 aromatic carbocycles. The van der Waals surface area contributed by atoms with Crippen LogP contribution in [-0.2, 0) is 10.0 Å². The lowest BCUT2D eigenvalue weighted by atomic mass is 10.3. The highest BCUT2D eigenvalue weighted by atomic mass is 79.9. The molecule has 0 aliphatic rings. The SMILES string of the molecule is O=S(=O)(CCl)Nc1cc(F)c(Br)c(Cl)c1. The molecule has 0 bridgehead atoms. The number of halogens is 4. The van der Waals surface area contributed by atoms with Gasteiger partial charge in [0, 0.05) is 0 Å². The van der Waals surface area contributed by atoms with Crippen molar-refractivity contribution in [2.24, 2.45) is 0 Å². The van der Waals surface area contributed by atoms with Crippen LogP contribution in [0.2, 0.25) is 5.02 Å². The third kappa shape index (κ3) is 3.48. The van der Waals surface area contributed by atoms with Crippen LogP contribution in [0, 0.1) is 5.82 Å². The van der Waals surface area contributed by atoms with Crippen LogP contribution in [-0.4, -0.2) is 13.6 Å². The maximum absolute atomic E-state index is 13.1. The minimum Gasteiger partial charge on any atom is -0.282 e. The largest absolute Gasteiger partial charge is 0.282 e. The van der Waals surface area contributed by atoms with Crippen LogP contribution in [0.5, 0.6) is 0 Å². The average molecular weight is 337 g/mol. The minimum atomic E-state index is -3.64. The second-order valence-corrected chi connectivity index (χ2v) is 6.09. The summed E-state index contributed by atoms with van der Waals surface area (Å²) in [6, 6.07) is 2.28. The topological polar surface area (TPSA) is 46.2 Å². The van der Waals surface area contributed by atoms with E-state index >= 15 is 0 Å². The fourth-order valence-electron chi connectivity index (χ4n) is 0.821. The predicted molar refractivity (Wildman–Crippen MR) is 62.4 cm³/mol. The van der Waals surface area contributed by atoms with Gasteiger partial charge in [0.2, 0.25) is 10.0 Å². The molecular formula is C7H5BrCl2FNO2S. The van der Waals surface area contributed by atoms with Crippen molar-refractivity contribution in [3.63, 3.8) is 0 Å². The van der Waals surface area contributed by atoms with Gasteiger partial charge in [-0.2, -0.15) is 0 Å². The average Bonchev–Trinajstić information content (AvgIpc) is 2.13. The van der Waals surface area contributed by atoms with Crippen molar-refractivity contribution in [3.8, 4) is 0 Å². The van der Waals surface area contributed by atoms with Crippen LogP contribution in [0.25, 0.3) is 0 Å². The van der Waals surface area contributed by atoms with Gasteiger partial charge < -0.3 is 0 Å². The van der Waals surface area contributed by atoms with E-state index in [1.54, 1.807) is 0 Å². The van der Waals surface area contributed by atoms with Crippen molar-refractivity contribution in [1.29, 1.82) is 0 Å². The lowest BCUT2D eigenvalue weighted by Gasteiger charge is -2.07. The summed E-state index contributed by atoms with van der Waals surface area (Å²) in [5.41, 5.74) is 0.0290. The van der Waals surface area contributed by atoms with Crippen LogP contribution in [0.4, 0.5) is 10.1 Å². The number of hydrogen-bond donors (Lipinski definition) is 1. The molecule has 1 rings (SSSR count). The first-order valence-electron chi connectivity index (χ1n) is 3.57. The van der Waals surface area contributed by atoms with E-state index < -0.39 is 21.1 Å². The first-order valence-corrected chi connectivity index (χ1v) is 6.92. The summed E-state index contributed by atoms with van der Waals surface area (Å²) in [4.78, 5) is 0. The molecule has 0 aliphatic heterocycles. The van der Waals surface area contributed by atoms with Gasteiger partial charge in [-0.1, -0.05) is 11.6 Å². The number of hydrogen-bond acceptors (Lipinski definition) is 2. The van der Waals surface area contributed by atoms with Gasteiger partial charge in [-0.05, 0) is 28.1 Å². The summed E-state index contributed by atoms with van der Waals surface area (Å²) in [5.74, 6) is -0.658. The molecule has 0 spiro atoms. The van der Waals surface area contributed by atoms with E-state index in [-0.39, 0.29) is 15.2 Å². The van der Waals surface area contributed by atoms with Gasteiger partial charge in [0.25, 0.3) is 0 Å². The van der Waals surface area contributed by atoms with E-state index in [1.165, 1.54) is 6.07 Å². The Labute approximate surface area is 105 Å². The second kappa shape index (κ2) is 4.86.